The standard InChI is InChI=1S/C14H18FNO3/c1-3-5-8-16(4-2)13(17)11-7-6-10(14(18)19)9-12(11)15/h6-7,9H,3-5,8H2,1-2H3,(H,18,19). The molecule has 0 saturated heterocycles. The molecule has 0 spiro atoms. The molecule has 0 aliphatic heterocycles. The van der Waals surface area contributed by atoms with E-state index in [0.717, 1.165) is 18.9 Å². The number of rotatable bonds is 6. The van der Waals surface area contributed by atoms with Gasteiger partial charge in [0.05, 0.1) is 11.1 Å². The maximum absolute atomic E-state index is 13.8. The van der Waals surface area contributed by atoms with Crippen LogP contribution in [0, 0.1) is 5.82 Å². The fourth-order valence-corrected chi connectivity index (χ4v) is 1.74. The van der Waals surface area contributed by atoms with Gasteiger partial charge in [-0.25, -0.2) is 9.18 Å². The van der Waals surface area contributed by atoms with E-state index in [1.54, 1.807) is 4.90 Å². The summed E-state index contributed by atoms with van der Waals surface area (Å²) in [7, 11) is 0. The van der Waals surface area contributed by atoms with E-state index in [1.807, 2.05) is 13.8 Å². The fraction of sp³-hybridized carbons (Fsp3) is 0.429. The van der Waals surface area contributed by atoms with Crippen LogP contribution in [-0.4, -0.2) is 35.0 Å². The molecule has 104 valence electrons. The molecule has 1 aromatic rings. The molecule has 0 unspecified atom stereocenters. The number of hydrogen-bond acceptors (Lipinski definition) is 2. The maximum Gasteiger partial charge on any atom is 0.335 e. The molecule has 0 aliphatic rings. The zero-order valence-corrected chi connectivity index (χ0v) is 11.1. The van der Waals surface area contributed by atoms with Gasteiger partial charge in [-0.2, -0.15) is 0 Å². The Morgan fingerprint density at radius 2 is 2.00 bits per heavy atom. The molecule has 1 rings (SSSR count). The first-order valence-corrected chi connectivity index (χ1v) is 6.33. The number of halogens is 1. The Kier molecular flexibility index (Phi) is 5.48. The first kappa shape index (κ1) is 15.1. The normalized spacial score (nSPS) is 10.3. The van der Waals surface area contributed by atoms with Gasteiger partial charge >= 0.3 is 5.97 Å². The van der Waals surface area contributed by atoms with E-state index in [9.17, 15) is 14.0 Å². The van der Waals surface area contributed by atoms with Crippen molar-refractivity contribution in [2.24, 2.45) is 0 Å². The van der Waals surface area contributed by atoms with Gasteiger partial charge in [0, 0.05) is 13.1 Å². The van der Waals surface area contributed by atoms with Gasteiger partial charge in [0.15, 0.2) is 0 Å². The molecule has 1 N–H and O–H groups in total. The van der Waals surface area contributed by atoms with Crippen molar-refractivity contribution < 1.29 is 19.1 Å². The summed E-state index contributed by atoms with van der Waals surface area (Å²) in [5, 5.41) is 8.75. The number of unbranched alkanes of at least 4 members (excludes halogenated alkanes) is 1. The highest BCUT2D eigenvalue weighted by Gasteiger charge is 2.18. The van der Waals surface area contributed by atoms with E-state index in [2.05, 4.69) is 0 Å². The zero-order valence-electron chi connectivity index (χ0n) is 11.1. The third-order valence-electron chi connectivity index (χ3n) is 2.90. The highest BCUT2D eigenvalue weighted by atomic mass is 19.1. The molecule has 0 bridgehead atoms. The number of carbonyl (C=O) groups is 2. The number of benzene rings is 1. The maximum atomic E-state index is 13.8. The minimum absolute atomic E-state index is 0.0806. The van der Waals surface area contributed by atoms with Crippen molar-refractivity contribution in [1.29, 1.82) is 0 Å². The molecule has 0 heterocycles. The van der Waals surface area contributed by atoms with Crippen LogP contribution in [0.25, 0.3) is 0 Å². The number of hydrogen-bond donors (Lipinski definition) is 1. The number of carbonyl (C=O) groups excluding carboxylic acids is 1. The second-order valence-electron chi connectivity index (χ2n) is 4.24. The van der Waals surface area contributed by atoms with Crippen molar-refractivity contribution in [3.8, 4) is 0 Å². The van der Waals surface area contributed by atoms with Crippen LogP contribution < -0.4 is 0 Å². The quantitative estimate of drug-likeness (QED) is 0.862. The van der Waals surface area contributed by atoms with E-state index >= 15 is 0 Å². The van der Waals surface area contributed by atoms with Gasteiger partial charge in [-0.3, -0.25) is 4.79 Å². The molecule has 0 fully saturated rings. The SMILES string of the molecule is CCCCN(CC)C(=O)c1ccc(C(=O)O)cc1F. The van der Waals surface area contributed by atoms with E-state index in [1.165, 1.54) is 12.1 Å². The Morgan fingerprint density at radius 1 is 1.32 bits per heavy atom. The average Bonchev–Trinajstić information content (AvgIpc) is 2.39. The van der Waals surface area contributed by atoms with Crippen molar-refractivity contribution >= 4 is 11.9 Å². The van der Waals surface area contributed by atoms with Gasteiger partial charge < -0.3 is 10.0 Å². The molecule has 0 aromatic heterocycles. The van der Waals surface area contributed by atoms with Crippen LogP contribution in [0.2, 0.25) is 0 Å². The fourth-order valence-electron chi connectivity index (χ4n) is 1.74. The molecule has 19 heavy (non-hydrogen) atoms. The summed E-state index contributed by atoms with van der Waals surface area (Å²) < 4.78 is 13.8. The number of aromatic carboxylic acids is 1. The minimum Gasteiger partial charge on any atom is -0.478 e. The van der Waals surface area contributed by atoms with E-state index in [0.29, 0.717) is 13.1 Å². The smallest absolute Gasteiger partial charge is 0.335 e. The first-order chi connectivity index (χ1) is 9.01. The van der Waals surface area contributed by atoms with Gasteiger partial charge in [-0.05, 0) is 31.5 Å². The van der Waals surface area contributed by atoms with Crippen molar-refractivity contribution in [3.63, 3.8) is 0 Å². The van der Waals surface area contributed by atoms with Gasteiger partial charge in [-0.15, -0.1) is 0 Å². The van der Waals surface area contributed by atoms with Crippen LogP contribution in [0.5, 0.6) is 0 Å². The van der Waals surface area contributed by atoms with E-state index < -0.39 is 17.7 Å². The molecular formula is C14H18FNO3. The highest BCUT2D eigenvalue weighted by Crippen LogP contribution is 2.14. The lowest BCUT2D eigenvalue weighted by molar-refractivity contribution is 0.0692. The summed E-state index contributed by atoms with van der Waals surface area (Å²) >= 11 is 0. The lowest BCUT2D eigenvalue weighted by Gasteiger charge is -2.21. The van der Waals surface area contributed by atoms with Gasteiger partial charge in [0.1, 0.15) is 5.82 Å². The third kappa shape index (κ3) is 3.77. The predicted molar refractivity (Wildman–Crippen MR) is 69.8 cm³/mol. The highest BCUT2D eigenvalue weighted by molar-refractivity contribution is 5.96. The minimum atomic E-state index is -1.21. The summed E-state index contributed by atoms with van der Waals surface area (Å²) in [5.74, 6) is -2.40. The van der Waals surface area contributed by atoms with Crippen molar-refractivity contribution in [1.82, 2.24) is 4.90 Å². The topological polar surface area (TPSA) is 57.6 Å². The van der Waals surface area contributed by atoms with Crippen LogP contribution >= 0.6 is 0 Å². The summed E-state index contributed by atoms with van der Waals surface area (Å²) in [4.78, 5) is 24.4. The molecule has 4 nitrogen and oxygen atoms in total. The Labute approximate surface area is 111 Å². The first-order valence-electron chi connectivity index (χ1n) is 6.33. The summed E-state index contributed by atoms with van der Waals surface area (Å²) in [5.41, 5.74) is -0.242. The summed E-state index contributed by atoms with van der Waals surface area (Å²) in [6.45, 7) is 4.92. The van der Waals surface area contributed by atoms with E-state index in [4.69, 9.17) is 5.11 Å². The zero-order chi connectivity index (χ0) is 14.4. The lowest BCUT2D eigenvalue weighted by atomic mass is 10.1. The Balaban J connectivity index is 2.95. The molecular weight excluding hydrogens is 249 g/mol. The molecule has 1 aromatic carbocycles. The Bertz CT molecular complexity index is 474. The average molecular weight is 267 g/mol. The van der Waals surface area contributed by atoms with Crippen LogP contribution in [-0.2, 0) is 0 Å². The van der Waals surface area contributed by atoms with Gasteiger partial charge in [0.25, 0.3) is 5.91 Å². The van der Waals surface area contributed by atoms with Crippen molar-refractivity contribution in [2.75, 3.05) is 13.1 Å². The Hall–Kier alpha value is -1.91. The number of carboxylic acid groups (broad SMARTS) is 1. The molecule has 0 radical (unpaired) electrons. The summed E-state index contributed by atoms with van der Waals surface area (Å²) in [6, 6.07) is 3.35. The van der Waals surface area contributed by atoms with E-state index in [-0.39, 0.29) is 11.1 Å². The third-order valence-corrected chi connectivity index (χ3v) is 2.90. The largest absolute Gasteiger partial charge is 0.478 e. The van der Waals surface area contributed by atoms with Crippen LogP contribution in [0.1, 0.15) is 47.4 Å². The second-order valence-corrected chi connectivity index (χ2v) is 4.24. The number of nitrogens with zero attached hydrogens (tertiary/aromatic N) is 1. The van der Waals surface area contributed by atoms with Gasteiger partial charge in [-0.1, -0.05) is 13.3 Å². The molecule has 5 heteroatoms. The van der Waals surface area contributed by atoms with Crippen LogP contribution in [0.4, 0.5) is 4.39 Å². The Morgan fingerprint density at radius 3 is 2.47 bits per heavy atom. The number of amides is 1. The van der Waals surface area contributed by atoms with Crippen LogP contribution in [0.15, 0.2) is 18.2 Å². The molecule has 0 atom stereocenters. The number of carboxylic acids is 1. The molecule has 0 saturated carbocycles. The lowest BCUT2D eigenvalue weighted by Crippen LogP contribution is -2.32. The van der Waals surface area contributed by atoms with Crippen LogP contribution in [0.3, 0.4) is 0 Å². The monoisotopic (exact) mass is 267 g/mol. The van der Waals surface area contributed by atoms with Crippen molar-refractivity contribution in [3.05, 3.63) is 35.1 Å². The van der Waals surface area contributed by atoms with Gasteiger partial charge in [0.2, 0.25) is 0 Å². The summed E-state index contributed by atoms with van der Waals surface area (Å²) in [6.07, 6.45) is 1.80. The van der Waals surface area contributed by atoms with Crippen molar-refractivity contribution in [2.45, 2.75) is 26.7 Å². The second kappa shape index (κ2) is 6.87. The molecule has 1 amide bonds. The predicted octanol–water partition coefficient (Wildman–Crippen LogP) is 2.79. The molecule has 0 aliphatic carbocycles.